The summed E-state index contributed by atoms with van der Waals surface area (Å²) in [5, 5.41) is 8.70. The van der Waals surface area contributed by atoms with Crippen LogP contribution in [0.4, 0.5) is 0 Å². The summed E-state index contributed by atoms with van der Waals surface area (Å²) in [5.74, 6) is 0.686. The number of amides is 1. The Kier molecular flexibility index (Phi) is 5.58. The van der Waals surface area contributed by atoms with Gasteiger partial charge >= 0.3 is 0 Å². The number of rotatable bonds is 7. The SMILES string of the molecule is CCC(C)(CN)C(=O)N(CCC#N)Cc1ccco1. The fourth-order valence-electron chi connectivity index (χ4n) is 1.79. The lowest BCUT2D eigenvalue weighted by atomic mass is 9.86. The lowest BCUT2D eigenvalue weighted by molar-refractivity contribution is -0.141. The van der Waals surface area contributed by atoms with Crippen molar-refractivity contribution in [2.75, 3.05) is 13.1 Å². The van der Waals surface area contributed by atoms with Gasteiger partial charge in [-0.05, 0) is 25.5 Å². The van der Waals surface area contributed by atoms with Gasteiger partial charge in [0.1, 0.15) is 5.76 Å². The minimum absolute atomic E-state index is 0.0239. The van der Waals surface area contributed by atoms with Crippen molar-refractivity contribution in [2.24, 2.45) is 11.1 Å². The van der Waals surface area contributed by atoms with Gasteiger partial charge in [-0.2, -0.15) is 5.26 Å². The number of carbonyl (C=O) groups excluding carboxylic acids is 1. The van der Waals surface area contributed by atoms with Crippen molar-refractivity contribution in [1.82, 2.24) is 4.90 Å². The number of nitrogens with two attached hydrogens (primary N) is 1. The molecule has 1 aromatic heterocycles. The fraction of sp³-hybridized carbons (Fsp3) is 0.571. The van der Waals surface area contributed by atoms with E-state index in [1.807, 2.05) is 19.9 Å². The molecule has 0 aliphatic rings. The van der Waals surface area contributed by atoms with E-state index in [4.69, 9.17) is 15.4 Å². The first kappa shape index (κ1) is 15.3. The summed E-state index contributed by atoms with van der Waals surface area (Å²) >= 11 is 0. The van der Waals surface area contributed by atoms with E-state index in [1.54, 1.807) is 17.2 Å². The first-order valence-corrected chi connectivity index (χ1v) is 6.46. The minimum Gasteiger partial charge on any atom is -0.467 e. The van der Waals surface area contributed by atoms with Crippen LogP contribution < -0.4 is 5.73 Å². The number of carbonyl (C=O) groups is 1. The van der Waals surface area contributed by atoms with Crippen molar-refractivity contribution in [1.29, 1.82) is 5.26 Å². The van der Waals surface area contributed by atoms with Crippen LogP contribution in [0.25, 0.3) is 0 Å². The standard InChI is InChI=1S/C14H21N3O2/c1-3-14(2,11-16)13(18)17(8-5-7-15)10-12-6-4-9-19-12/h4,6,9H,3,5,8,10-11,16H2,1-2H3. The van der Waals surface area contributed by atoms with Gasteiger partial charge in [0.2, 0.25) is 5.91 Å². The van der Waals surface area contributed by atoms with Crippen molar-refractivity contribution in [3.05, 3.63) is 24.2 Å². The molecule has 0 radical (unpaired) electrons. The maximum absolute atomic E-state index is 12.6. The van der Waals surface area contributed by atoms with Crippen molar-refractivity contribution < 1.29 is 9.21 Å². The Labute approximate surface area is 114 Å². The topological polar surface area (TPSA) is 83.3 Å². The van der Waals surface area contributed by atoms with Gasteiger partial charge in [-0.25, -0.2) is 0 Å². The lowest BCUT2D eigenvalue weighted by Crippen LogP contribution is -2.46. The third kappa shape index (κ3) is 3.83. The maximum atomic E-state index is 12.6. The van der Waals surface area contributed by atoms with E-state index in [2.05, 4.69) is 6.07 Å². The van der Waals surface area contributed by atoms with Crippen LogP contribution in [0.5, 0.6) is 0 Å². The normalized spacial score (nSPS) is 13.6. The molecule has 5 nitrogen and oxygen atoms in total. The van der Waals surface area contributed by atoms with Gasteiger partial charge in [0.05, 0.1) is 30.7 Å². The minimum atomic E-state index is -0.581. The Hall–Kier alpha value is -1.80. The van der Waals surface area contributed by atoms with Crippen LogP contribution in [0.15, 0.2) is 22.8 Å². The first-order chi connectivity index (χ1) is 9.07. The quantitative estimate of drug-likeness (QED) is 0.814. The molecule has 1 amide bonds. The van der Waals surface area contributed by atoms with Crippen molar-refractivity contribution in [2.45, 2.75) is 33.2 Å². The molecule has 1 heterocycles. The van der Waals surface area contributed by atoms with Gasteiger partial charge in [0.25, 0.3) is 0 Å². The molecular weight excluding hydrogens is 242 g/mol. The fourth-order valence-corrected chi connectivity index (χ4v) is 1.79. The van der Waals surface area contributed by atoms with Crippen LogP contribution >= 0.6 is 0 Å². The molecule has 0 saturated carbocycles. The Morgan fingerprint density at radius 1 is 1.63 bits per heavy atom. The monoisotopic (exact) mass is 263 g/mol. The number of nitriles is 1. The molecule has 0 bridgehead atoms. The van der Waals surface area contributed by atoms with Crippen LogP contribution in [0.3, 0.4) is 0 Å². The molecule has 1 atom stereocenters. The van der Waals surface area contributed by atoms with Gasteiger partial charge in [0.15, 0.2) is 0 Å². The van der Waals surface area contributed by atoms with Gasteiger partial charge in [0, 0.05) is 13.1 Å². The highest BCUT2D eigenvalue weighted by Crippen LogP contribution is 2.24. The second-order valence-electron chi connectivity index (χ2n) is 4.83. The van der Waals surface area contributed by atoms with Crippen LogP contribution in [0, 0.1) is 16.7 Å². The van der Waals surface area contributed by atoms with Gasteiger partial charge in [-0.1, -0.05) is 6.92 Å². The third-order valence-corrected chi connectivity index (χ3v) is 3.45. The average molecular weight is 263 g/mol. The molecule has 2 N–H and O–H groups in total. The molecule has 0 fully saturated rings. The summed E-state index contributed by atoms with van der Waals surface area (Å²) in [6, 6.07) is 5.66. The lowest BCUT2D eigenvalue weighted by Gasteiger charge is -2.32. The zero-order chi connectivity index (χ0) is 14.3. The summed E-state index contributed by atoms with van der Waals surface area (Å²) in [5.41, 5.74) is 5.14. The molecular formula is C14H21N3O2. The zero-order valence-corrected chi connectivity index (χ0v) is 11.6. The van der Waals surface area contributed by atoms with Crippen molar-refractivity contribution >= 4 is 5.91 Å². The Morgan fingerprint density at radius 3 is 2.84 bits per heavy atom. The molecule has 19 heavy (non-hydrogen) atoms. The molecule has 1 rings (SSSR count). The third-order valence-electron chi connectivity index (χ3n) is 3.45. The molecule has 104 valence electrons. The number of nitrogens with zero attached hydrogens (tertiary/aromatic N) is 2. The predicted octanol–water partition coefficient (Wildman–Crippen LogP) is 1.90. The van der Waals surface area contributed by atoms with E-state index in [0.29, 0.717) is 38.2 Å². The second-order valence-corrected chi connectivity index (χ2v) is 4.83. The zero-order valence-electron chi connectivity index (χ0n) is 11.6. The summed E-state index contributed by atoms with van der Waals surface area (Å²) in [4.78, 5) is 14.2. The van der Waals surface area contributed by atoms with Crippen molar-refractivity contribution in [3.8, 4) is 6.07 Å². The van der Waals surface area contributed by atoms with Crippen LogP contribution in [-0.2, 0) is 11.3 Å². The average Bonchev–Trinajstić information content (AvgIpc) is 2.94. The molecule has 0 saturated heterocycles. The summed E-state index contributed by atoms with van der Waals surface area (Å²) in [6.45, 7) is 4.87. The Balaban J connectivity index is 2.84. The summed E-state index contributed by atoms with van der Waals surface area (Å²) < 4.78 is 5.27. The van der Waals surface area contributed by atoms with Gasteiger partial charge < -0.3 is 15.1 Å². The first-order valence-electron chi connectivity index (χ1n) is 6.46. The van der Waals surface area contributed by atoms with E-state index >= 15 is 0 Å². The van der Waals surface area contributed by atoms with Crippen LogP contribution in [0.2, 0.25) is 0 Å². The predicted molar refractivity (Wildman–Crippen MR) is 71.8 cm³/mol. The highest BCUT2D eigenvalue weighted by Gasteiger charge is 2.33. The number of hydrogen-bond donors (Lipinski definition) is 1. The van der Waals surface area contributed by atoms with E-state index in [0.717, 1.165) is 0 Å². The molecule has 0 aromatic carbocycles. The number of furan rings is 1. The summed E-state index contributed by atoms with van der Waals surface area (Å²) in [7, 11) is 0. The van der Waals surface area contributed by atoms with E-state index in [-0.39, 0.29) is 5.91 Å². The van der Waals surface area contributed by atoms with Gasteiger partial charge in [-0.3, -0.25) is 4.79 Å². The Bertz CT molecular complexity index is 430. The molecule has 0 aliphatic heterocycles. The molecule has 0 spiro atoms. The maximum Gasteiger partial charge on any atom is 0.230 e. The smallest absolute Gasteiger partial charge is 0.230 e. The highest BCUT2D eigenvalue weighted by atomic mass is 16.3. The largest absolute Gasteiger partial charge is 0.467 e. The molecule has 5 heteroatoms. The highest BCUT2D eigenvalue weighted by molar-refractivity contribution is 5.82. The van der Waals surface area contributed by atoms with E-state index in [1.165, 1.54) is 0 Å². The van der Waals surface area contributed by atoms with Crippen LogP contribution in [0.1, 0.15) is 32.4 Å². The van der Waals surface area contributed by atoms with Crippen LogP contribution in [-0.4, -0.2) is 23.9 Å². The van der Waals surface area contributed by atoms with E-state index in [9.17, 15) is 4.79 Å². The second kappa shape index (κ2) is 6.95. The molecule has 1 aromatic rings. The van der Waals surface area contributed by atoms with Gasteiger partial charge in [-0.15, -0.1) is 0 Å². The molecule has 0 aliphatic carbocycles. The molecule has 1 unspecified atom stereocenters. The number of hydrogen-bond acceptors (Lipinski definition) is 4. The Morgan fingerprint density at radius 2 is 2.37 bits per heavy atom. The van der Waals surface area contributed by atoms with Crippen molar-refractivity contribution in [3.63, 3.8) is 0 Å². The summed E-state index contributed by atoms with van der Waals surface area (Å²) in [6.07, 6.45) is 2.55. The van der Waals surface area contributed by atoms with E-state index < -0.39 is 5.41 Å².